The van der Waals surface area contributed by atoms with E-state index >= 15 is 0 Å². The highest BCUT2D eigenvalue weighted by Crippen LogP contribution is 2.19. The first kappa shape index (κ1) is 8.27. The Morgan fingerprint density at radius 2 is 2.08 bits per heavy atom. The van der Waals surface area contributed by atoms with Crippen LogP contribution < -0.4 is 0 Å². The van der Waals surface area contributed by atoms with Crippen LogP contribution in [-0.4, -0.2) is 35.0 Å². The highest BCUT2D eigenvalue weighted by atomic mass is 35.5. The van der Waals surface area contributed by atoms with Crippen molar-refractivity contribution in [3.63, 3.8) is 0 Å². The van der Waals surface area contributed by atoms with Crippen LogP contribution in [0, 0.1) is 0 Å². The van der Waals surface area contributed by atoms with Crippen LogP contribution in [0.15, 0.2) is 6.33 Å². The molecule has 2 radical (unpaired) electrons. The molecule has 2 rings (SSSR count). The Labute approximate surface area is 86.2 Å². The van der Waals surface area contributed by atoms with E-state index in [1.54, 1.807) is 9.88 Å². The van der Waals surface area contributed by atoms with Gasteiger partial charge in [0.15, 0.2) is 5.15 Å². The van der Waals surface area contributed by atoms with E-state index < -0.39 is 0 Å². The van der Waals surface area contributed by atoms with E-state index in [4.69, 9.17) is 23.2 Å². The van der Waals surface area contributed by atoms with Gasteiger partial charge in [0.1, 0.15) is 11.2 Å². The topological polar surface area (TPSA) is 43.6 Å². The van der Waals surface area contributed by atoms with E-state index in [1.165, 1.54) is 0 Å². The lowest BCUT2D eigenvalue weighted by Crippen LogP contribution is -1.92. The van der Waals surface area contributed by atoms with Crippen molar-refractivity contribution < 1.29 is 0 Å². The quantitative estimate of drug-likeness (QED) is 0.375. The Bertz CT molecular complexity index is 440. The van der Waals surface area contributed by atoms with E-state index in [0.717, 1.165) is 0 Å². The monoisotopic (exact) mass is 214 g/mol. The van der Waals surface area contributed by atoms with Gasteiger partial charge in [-0.15, -0.1) is 0 Å². The molecule has 0 aromatic carbocycles. The summed E-state index contributed by atoms with van der Waals surface area (Å²) in [7, 11) is 0. The normalized spacial score (nSPS) is 10.8. The zero-order valence-corrected chi connectivity index (χ0v) is 8.37. The minimum atomic E-state index is 0.122. The number of hydrogen-bond donors (Lipinski definition) is 0. The number of hydrogen-bond acceptors (Lipinski definition) is 3. The summed E-state index contributed by atoms with van der Waals surface area (Å²) in [6, 6.07) is 0. The Morgan fingerprint density at radius 1 is 1.33 bits per heavy atom. The lowest BCUT2D eigenvalue weighted by atomic mass is 10.6. The average molecular weight is 215 g/mol. The number of fused-ring (bicyclic) bond motifs is 1. The molecule has 7 heteroatoms. The first-order chi connectivity index (χ1) is 5.68. The molecule has 2 aromatic rings. The van der Waals surface area contributed by atoms with Gasteiger partial charge in [-0.2, -0.15) is 0 Å². The molecule has 0 bridgehead atoms. The Balaban J connectivity index is 2.92. The fourth-order valence-corrected chi connectivity index (χ4v) is 1.53. The van der Waals surface area contributed by atoms with E-state index in [-0.39, 0.29) is 10.4 Å². The highest BCUT2D eigenvalue weighted by Gasteiger charge is 2.07. The Hall–Kier alpha value is -0.338. The van der Waals surface area contributed by atoms with Crippen LogP contribution in [0.25, 0.3) is 11.2 Å². The predicted molar refractivity (Wildman–Crippen MR) is 46.5 cm³/mol. The molecule has 0 atom stereocenters. The molecule has 0 amide bonds. The Kier molecular flexibility index (Phi) is 1.97. The summed E-state index contributed by atoms with van der Waals surface area (Å²) in [5.74, 6) is 0. The SMILES string of the molecule is [Al][n]1cnc2c(Cl)nc(Cl)nc21. The molecule has 0 unspecified atom stereocenters. The van der Waals surface area contributed by atoms with Crippen LogP contribution in [0.2, 0.25) is 10.4 Å². The smallest absolute Gasteiger partial charge is 0.322 e. The minimum absolute atomic E-state index is 0.122. The van der Waals surface area contributed by atoms with Gasteiger partial charge in [-0.1, -0.05) is 11.6 Å². The molecule has 0 aliphatic rings. The van der Waals surface area contributed by atoms with Crippen molar-refractivity contribution in [2.24, 2.45) is 0 Å². The van der Waals surface area contributed by atoms with Gasteiger partial charge >= 0.3 is 16.5 Å². The van der Waals surface area contributed by atoms with Crippen LogP contribution in [0.3, 0.4) is 0 Å². The molecule has 0 spiro atoms. The maximum absolute atomic E-state index is 5.75. The van der Waals surface area contributed by atoms with Crippen molar-refractivity contribution in [2.45, 2.75) is 0 Å². The second kappa shape index (κ2) is 2.86. The fourth-order valence-electron chi connectivity index (χ4n) is 0.857. The summed E-state index contributed by atoms with van der Waals surface area (Å²) in [6.07, 6.45) is 1.58. The summed E-state index contributed by atoms with van der Waals surface area (Å²) in [6.45, 7) is 0. The predicted octanol–water partition coefficient (Wildman–Crippen LogP) is 1.06. The van der Waals surface area contributed by atoms with Crippen LogP contribution in [-0.2, 0) is 0 Å². The molecule has 0 fully saturated rings. The number of imidazole rings is 1. The second-order valence-electron chi connectivity index (χ2n) is 2.11. The minimum Gasteiger partial charge on any atom is -0.428 e. The highest BCUT2D eigenvalue weighted by molar-refractivity contribution is 6.35. The van der Waals surface area contributed by atoms with Gasteiger partial charge < -0.3 is 3.55 Å². The molecule has 58 valence electrons. The van der Waals surface area contributed by atoms with Crippen LogP contribution >= 0.6 is 23.2 Å². The zero-order chi connectivity index (χ0) is 8.72. The second-order valence-corrected chi connectivity index (χ2v) is 3.36. The van der Waals surface area contributed by atoms with Crippen molar-refractivity contribution in [1.29, 1.82) is 0 Å². The maximum Gasteiger partial charge on any atom is 0.322 e. The lowest BCUT2D eigenvalue weighted by Gasteiger charge is -1.95. The van der Waals surface area contributed by atoms with E-state index in [1.807, 2.05) is 0 Å². The number of nitrogens with zero attached hydrogens (tertiary/aromatic N) is 4. The van der Waals surface area contributed by atoms with Crippen molar-refractivity contribution in [3.8, 4) is 0 Å². The zero-order valence-electron chi connectivity index (χ0n) is 5.70. The van der Waals surface area contributed by atoms with Gasteiger partial charge in [-0.05, 0) is 11.6 Å². The number of halogens is 2. The van der Waals surface area contributed by atoms with Gasteiger partial charge in [0.25, 0.3) is 0 Å². The molecule has 12 heavy (non-hydrogen) atoms. The third-order valence-electron chi connectivity index (χ3n) is 1.35. The van der Waals surface area contributed by atoms with Gasteiger partial charge in [0.2, 0.25) is 5.28 Å². The molecular formula is C5HAlCl2N4. The third kappa shape index (κ3) is 1.19. The molecule has 2 aromatic heterocycles. The molecule has 2 heterocycles. The molecule has 0 aliphatic heterocycles. The third-order valence-corrected chi connectivity index (χ3v) is 2.16. The summed E-state index contributed by atoms with van der Waals surface area (Å²) < 4.78 is 1.65. The summed E-state index contributed by atoms with van der Waals surface area (Å²) in [4.78, 5) is 11.7. The fraction of sp³-hybridized carbons (Fsp3) is 0. The van der Waals surface area contributed by atoms with E-state index in [2.05, 4.69) is 31.5 Å². The van der Waals surface area contributed by atoms with Crippen molar-refractivity contribution in [2.75, 3.05) is 0 Å². The van der Waals surface area contributed by atoms with Crippen molar-refractivity contribution in [3.05, 3.63) is 16.8 Å². The molecule has 0 N–H and O–H groups in total. The first-order valence-electron chi connectivity index (χ1n) is 2.99. The standard InChI is InChI=1S/C5HCl2N4.Al/c6-3-2-4(9-1-8-2)11-5(7)10-3;/h1H;/q-1;+1. The van der Waals surface area contributed by atoms with Gasteiger partial charge in [0.05, 0.1) is 6.33 Å². The molecule has 0 saturated carbocycles. The van der Waals surface area contributed by atoms with Crippen LogP contribution in [0.4, 0.5) is 0 Å². The molecule has 0 saturated heterocycles. The van der Waals surface area contributed by atoms with E-state index in [0.29, 0.717) is 11.2 Å². The maximum atomic E-state index is 5.75. The lowest BCUT2D eigenvalue weighted by molar-refractivity contribution is 1.17. The average Bonchev–Trinajstić information content (AvgIpc) is 2.33. The Morgan fingerprint density at radius 3 is 2.83 bits per heavy atom. The first-order valence-corrected chi connectivity index (χ1v) is 4.27. The van der Waals surface area contributed by atoms with E-state index in [9.17, 15) is 0 Å². The summed E-state index contributed by atoms with van der Waals surface area (Å²) in [5.41, 5.74) is 1.15. The van der Waals surface area contributed by atoms with Gasteiger partial charge in [0, 0.05) is 0 Å². The number of aromatic nitrogens is 4. The molecular weight excluding hydrogens is 214 g/mol. The summed E-state index contributed by atoms with van der Waals surface area (Å²) >= 11 is 13.8. The van der Waals surface area contributed by atoms with Gasteiger partial charge in [-0.3, -0.25) is 0 Å². The summed E-state index contributed by atoms with van der Waals surface area (Å²) in [5, 5.41) is 0.392. The van der Waals surface area contributed by atoms with Gasteiger partial charge in [-0.25, -0.2) is 15.0 Å². The van der Waals surface area contributed by atoms with Crippen molar-refractivity contribution in [1.82, 2.24) is 18.5 Å². The van der Waals surface area contributed by atoms with Crippen LogP contribution in [0.5, 0.6) is 0 Å². The number of rotatable bonds is 0. The van der Waals surface area contributed by atoms with Crippen LogP contribution in [0.1, 0.15) is 0 Å². The van der Waals surface area contributed by atoms with Crippen molar-refractivity contribution >= 4 is 50.9 Å². The largest absolute Gasteiger partial charge is 0.428 e. The molecule has 4 nitrogen and oxygen atoms in total. The molecule has 0 aliphatic carbocycles.